The molecule has 5 amide bonds. The van der Waals surface area contributed by atoms with E-state index in [4.69, 9.17) is 4.74 Å². The van der Waals surface area contributed by atoms with Crippen LogP contribution in [0, 0.1) is 17.3 Å². The van der Waals surface area contributed by atoms with Crippen molar-refractivity contribution in [3.05, 3.63) is 12.7 Å². The number of rotatable bonds is 11. The van der Waals surface area contributed by atoms with Gasteiger partial charge in [-0.25, -0.2) is 17.5 Å². The Balaban J connectivity index is 2.39. The molecule has 2 saturated heterocycles. The maximum Gasteiger partial charge on any atom is 0.315 e. The normalized spacial score (nSPS) is 24.1. The molecule has 0 aliphatic carbocycles. The molecule has 0 bridgehead atoms. The quantitative estimate of drug-likeness (QED) is 0.185. The van der Waals surface area contributed by atoms with Gasteiger partial charge >= 0.3 is 6.03 Å². The molecule has 2 rings (SSSR count). The van der Waals surface area contributed by atoms with Crippen LogP contribution < -0.4 is 21.3 Å². The average Bonchev–Trinajstić information content (AvgIpc) is 3.49. The van der Waals surface area contributed by atoms with Gasteiger partial charge in [-0.05, 0) is 43.4 Å². The third kappa shape index (κ3) is 12.7. The van der Waals surface area contributed by atoms with Gasteiger partial charge in [0, 0.05) is 39.3 Å². The molecule has 0 aromatic heterocycles. The lowest BCUT2D eigenvalue weighted by molar-refractivity contribution is -0.144. The van der Waals surface area contributed by atoms with Crippen LogP contribution in [0.5, 0.6) is 0 Å². The molecule has 5 atom stereocenters. The first-order valence-corrected chi connectivity index (χ1v) is 19.2. The van der Waals surface area contributed by atoms with Crippen LogP contribution in [0.25, 0.3) is 0 Å². The molecule has 49 heavy (non-hydrogen) atoms. The topological polar surface area (TPSA) is 183 Å². The fraction of sp³-hybridized carbons (Fsp3) is 0.794. The van der Waals surface area contributed by atoms with Crippen molar-refractivity contribution in [3.63, 3.8) is 0 Å². The van der Waals surface area contributed by atoms with Crippen LogP contribution in [-0.4, -0.2) is 117 Å². The highest BCUT2D eigenvalue weighted by Gasteiger charge is 2.46. The second-order valence-electron chi connectivity index (χ2n) is 14.5. The average molecular weight is 713 g/mol. The second kappa shape index (κ2) is 19.4. The number of likely N-dealkylation sites (N-methyl/N-ethyl adjacent to an activating group) is 1. The summed E-state index contributed by atoms with van der Waals surface area (Å²) >= 11 is 0. The summed E-state index contributed by atoms with van der Waals surface area (Å²) in [6, 6.07) is -4.41. The van der Waals surface area contributed by atoms with Crippen molar-refractivity contribution in [2.75, 3.05) is 45.6 Å². The van der Waals surface area contributed by atoms with Gasteiger partial charge in [-0.15, -0.1) is 6.58 Å². The minimum Gasteiger partial charge on any atom is -0.379 e. The first-order chi connectivity index (χ1) is 22.9. The molecule has 0 aromatic carbocycles. The molecule has 2 aliphatic rings. The van der Waals surface area contributed by atoms with Gasteiger partial charge in [-0.1, -0.05) is 66.4 Å². The maximum atomic E-state index is 14.2. The molecule has 0 unspecified atom stereocenters. The van der Waals surface area contributed by atoms with Crippen molar-refractivity contribution >= 4 is 39.6 Å². The van der Waals surface area contributed by atoms with Gasteiger partial charge in [0.05, 0.1) is 18.4 Å². The van der Waals surface area contributed by atoms with E-state index in [-0.39, 0.29) is 50.3 Å². The van der Waals surface area contributed by atoms with E-state index in [0.717, 1.165) is 25.7 Å². The van der Waals surface area contributed by atoms with Gasteiger partial charge in [0.15, 0.2) is 0 Å². The zero-order valence-electron chi connectivity index (χ0n) is 30.5. The summed E-state index contributed by atoms with van der Waals surface area (Å²) in [5.74, 6) is -2.88. The molecule has 0 spiro atoms. The Bertz CT molecular complexity index is 1270. The molecular weight excluding hydrogens is 652 g/mol. The number of ketones is 1. The van der Waals surface area contributed by atoms with Crippen LogP contribution in [0.3, 0.4) is 0 Å². The van der Waals surface area contributed by atoms with E-state index in [1.807, 2.05) is 34.6 Å². The first kappa shape index (κ1) is 42.1. The lowest BCUT2D eigenvalue weighted by Crippen LogP contribution is -2.61. The number of Topliss-reactive ketones (excluding diaryl/α,β-unsaturated/α-hetero) is 1. The number of carbonyl (C=O) groups is 5. The van der Waals surface area contributed by atoms with Gasteiger partial charge in [-0.2, -0.15) is 0 Å². The molecule has 2 heterocycles. The van der Waals surface area contributed by atoms with Crippen molar-refractivity contribution in [2.45, 2.75) is 111 Å². The molecule has 14 nitrogen and oxygen atoms in total. The second-order valence-corrected chi connectivity index (χ2v) is 16.9. The largest absolute Gasteiger partial charge is 0.379 e. The molecule has 4 N–H and O–H groups in total. The van der Waals surface area contributed by atoms with Gasteiger partial charge in [-0.3, -0.25) is 19.2 Å². The van der Waals surface area contributed by atoms with Crippen molar-refractivity contribution in [3.8, 4) is 0 Å². The van der Waals surface area contributed by atoms with E-state index in [1.165, 1.54) is 22.3 Å². The van der Waals surface area contributed by atoms with Gasteiger partial charge in [0.1, 0.15) is 12.1 Å². The minimum absolute atomic E-state index is 0.0130. The maximum absolute atomic E-state index is 14.2. The number of ether oxygens (including phenoxy) is 1. The molecule has 0 radical (unpaired) electrons. The zero-order chi connectivity index (χ0) is 36.9. The standard InChI is InChI=1S/C34H60N6O8S/c1-9-18-35-31(43)29(41)25-16-14-12-11-13-15-20-48-22-26(32(44)40-19-17-24(23(3)4)28(40)30(42)36-25)37-33(45)38-27(34(5,6)7)21-39(8)49(46,47)10-2/h9,23-28H,1,10-22H2,2-8H3,(H,35,43)(H,36,42)(H2,37,38,45)/t24-,25+,26+,27-,28+/m1/s1. The third-order valence-electron chi connectivity index (χ3n) is 9.42. The number of hydrogen-bond acceptors (Lipinski definition) is 8. The molecular formula is C34H60N6O8S. The molecule has 15 heteroatoms. The van der Waals surface area contributed by atoms with E-state index in [2.05, 4.69) is 27.8 Å². The van der Waals surface area contributed by atoms with Crippen LogP contribution in [0.2, 0.25) is 0 Å². The highest BCUT2D eigenvalue weighted by atomic mass is 32.2. The van der Waals surface area contributed by atoms with Crippen LogP contribution in [0.4, 0.5) is 4.79 Å². The molecule has 2 aliphatic heterocycles. The Morgan fingerprint density at radius 2 is 1.76 bits per heavy atom. The summed E-state index contributed by atoms with van der Waals surface area (Å²) in [4.78, 5) is 69.0. The van der Waals surface area contributed by atoms with Crippen molar-refractivity contribution in [1.29, 1.82) is 0 Å². The molecule has 0 saturated carbocycles. The van der Waals surface area contributed by atoms with E-state index in [0.29, 0.717) is 19.4 Å². The number of urea groups is 1. The number of sulfonamides is 1. The number of fused-ring (bicyclic) bond motifs is 1. The van der Waals surface area contributed by atoms with Crippen molar-refractivity contribution < 1.29 is 37.1 Å². The van der Waals surface area contributed by atoms with E-state index in [9.17, 15) is 32.4 Å². The summed E-state index contributed by atoms with van der Waals surface area (Å²) in [7, 11) is -2.04. The predicted octanol–water partition coefficient (Wildman–Crippen LogP) is 1.95. The minimum atomic E-state index is -3.51. The molecule has 2 fully saturated rings. The Labute approximate surface area is 292 Å². The Kier molecular flexibility index (Phi) is 16.7. The van der Waals surface area contributed by atoms with Crippen molar-refractivity contribution in [2.24, 2.45) is 17.3 Å². The third-order valence-corrected chi connectivity index (χ3v) is 11.2. The Morgan fingerprint density at radius 3 is 2.37 bits per heavy atom. The number of nitrogens with one attached hydrogen (secondary N) is 4. The SMILES string of the molecule is C=CCNC(=O)C(=O)[C@@H]1CCCCCCCOC[C@H](NC(=O)N[C@H](CN(C)S(=O)(=O)CC)C(C)(C)C)C(=O)N2CC[C@H](C(C)C)[C@H]2C(=O)N1. The molecule has 280 valence electrons. The number of nitrogens with zero attached hydrogens (tertiary/aromatic N) is 2. The fourth-order valence-corrected chi connectivity index (χ4v) is 6.99. The predicted molar refractivity (Wildman–Crippen MR) is 188 cm³/mol. The zero-order valence-corrected chi connectivity index (χ0v) is 31.3. The summed E-state index contributed by atoms with van der Waals surface area (Å²) in [5, 5.41) is 10.9. The van der Waals surface area contributed by atoms with Gasteiger partial charge in [0.25, 0.3) is 5.91 Å². The smallest absolute Gasteiger partial charge is 0.315 e. The van der Waals surface area contributed by atoms with Crippen LogP contribution in [-0.2, 0) is 33.9 Å². The van der Waals surface area contributed by atoms with Crippen LogP contribution in [0.1, 0.15) is 86.5 Å². The van der Waals surface area contributed by atoms with E-state index >= 15 is 0 Å². The van der Waals surface area contributed by atoms with E-state index < -0.39 is 69.1 Å². The van der Waals surface area contributed by atoms with Crippen molar-refractivity contribution in [1.82, 2.24) is 30.5 Å². The summed E-state index contributed by atoms with van der Waals surface area (Å²) in [6.07, 6.45) is 6.12. The molecule has 0 aromatic rings. The van der Waals surface area contributed by atoms with E-state index in [1.54, 1.807) is 6.92 Å². The summed E-state index contributed by atoms with van der Waals surface area (Å²) < 4.78 is 32.1. The first-order valence-electron chi connectivity index (χ1n) is 17.6. The number of carbonyl (C=O) groups excluding carboxylic acids is 5. The summed E-state index contributed by atoms with van der Waals surface area (Å²) in [6.45, 7) is 15.3. The Hall–Kier alpha value is -3.04. The lowest BCUT2D eigenvalue weighted by Gasteiger charge is -2.35. The highest BCUT2D eigenvalue weighted by molar-refractivity contribution is 7.89. The fourth-order valence-electron chi connectivity index (χ4n) is 6.18. The van der Waals surface area contributed by atoms with Crippen LogP contribution >= 0.6 is 0 Å². The summed E-state index contributed by atoms with van der Waals surface area (Å²) in [5.41, 5.74) is -0.533. The van der Waals surface area contributed by atoms with Gasteiger partial charge < -0.3 is 30.9 Å². The Morgan fingerprint density at radius 1 is 1.10 bits per heavy atom. The monoisotopic (exact) mass is 712 g/mol. The number of hydrogen-bond donors (Lipinski definition) is 4. The lowest BCUT2D eigenvalue weighted by atomic mass is 9.87. The number of amides is 5. The van der Waals surface area contributed by atoms with Crippen LogP contribution in [0.15, 0.2) is 12.7 Å². The highest BCUT2D eigenvalue weighted by Crippen LogP contribution is 2.32. The van der Waals surface area contributed by atoms with Gasteiger partial charge in [0.2, 0.25) is 27.6 Å².